The number of nitrogens with zero attached hydrogens (tertiary/aromatic N) is 1. The van der Waals surface area contributed by atoms with E-state index < -0.39 is 0 Å². The van der Waals surface area contributed by atoms with E-state index >= 15 is 0 Å². The van der Waals surface area contributed by atoms with Crippen LogP contribution in [-0.2, 0) is 6.42 Å². The lowest BCUT2D eigenvalue weighted by atomic mass is 9.93. The molecule has 3 heteroatoms. The molecule has 1 aromatic rings. The number of hydrogen-bond acceptors (Lipinski definition) is 2. The highest BCUT2D eigenvalue weighted by Gasteiger charge is 2.21. The lowest BCUT2D eigenvalue weighted by Crippen LogP contribution is -2.39. The largest absolute Gasteiger partial charge is 0.341 e. The molecule has 0 bridgehead atoms. The summed E-state index contributed by atoms with van der Waals surface area (Å²) in [5, 5.41) is 0. The Morgan fingerprint density at radius 3 is 2.28 bits per heavy atom. The molecule has 18 heavy (non-hydrogen) atoms. The molecule has 1 aromatic carbocycles. The minimum Gasteiger partial charge on any atom is -0.341 e. The number of nitrogens with two attached hydrogens (primary N) is 1. The molecule has 0 spiro atoms. The van der Waals surface area contributed by atoms with Gasteiger partial charge in [-0.3, -0.25) is 4.79 Å². The Bertz CT molecular complexity index is 395. The number of carbonyl (C=O) groups excluding carboxylic acids is 1. The maximum absolute atomic E-state index is 12.2. The Labute approximate surface area is 110 Å². The molecule has 0 fully saturated rings. The molecule has 1 amide bonds. The maximum atomic E-state index is 12.2. The highest BCUT2D eigenvalue weighted by Crippen LogP contribution is 2.16. The van der Waals surface area contributed by atoms with Crippen LogP contribution in [-0.4, -0.2) is 30.9 Å². The Balaban J connectivity index is 2.74. The summed E-state index contributed by atoms with van der Waals surface area (Å²) in [6.45, 7) is 7.47. The molecule has 0 heterocycles. The minimum absolute atomic E-state index is 0.0478. The van der Waals surface area contributed by atoms with E-state index in [0.29, 0.717) is 13.1 Å². The van der Waals surface area contributed by atoms with Gasteiger partial charge in [0.05, 0.1) is 0 Å². The minimum atomic E-state index is -0.0478. The number of rotatable bonds is 5. The van der Waals surface area contributed by atoms with E-state index in [4.69, 9.17) is 5.73 Å². The zero-order chi connectivity index (χ0) is 13.8. The molecule has 0 unspecified atom stereocenters. The van der Waals surface area contributed by atoms with Crippen molar-refractivity contribution in [3.8, 4) is 0 Å². The summed E-state index contributed by atoms with van der Waals surface area (Å²) < 4.78 is 0. The SMILES string of the molecule is CCc1ccc(C(=O)N(C)CC(C)(C)CN)cc1. The predicted octanol–water partition coefficient (Wildman–Crippen LogP) is 2.31. The van der Waals surface area contributed by atoms with Crippen molar-refractivity contribution in [2.45, 2.75) is 27.2 Å². The summed E-state index contributed by atoms with van der Waals surface area (Å²) in [5.41, 5.74) is 7.63. The van der Waals surface area contributed by atoms with E-state index in [2.05, 4.69) is 20.8 Å². The van der Waals surface area contributed by atoms with Gasteiger partial charge in [-0.05, 0) is 36.1 Å². The van der Waals surface area contributed by atoms with Crippen LogP contribution in [0.5, 0.6) is 0 Å². The number of aryl methyl sites for hydroxylation is 1. The van der Waals surface area contributed by atoms with Crippen molar-refractivity contribution in [2.75, 3.05) is 20.1 Å². The summed E-state index contributed by atoms with van der Waals surface area (Å²) in [6, 6.07) is 7.81. The van der Waals surface area contributed by atoms with Crippen LogP contribution in [0.1, 0.15) is 36.7 Å². The zero-order valence-electron chi connectivity index (χ0n) is 11.9. The summed E-state index contributed by atoms with van der Waals surface area (Å²) in [6.07, 6.45) is 0.991. The quantitative estimate of drug-likeness (QED) is 0.869. The second kappa shape index (κ2) is 6.01. The fourth-order valence-electron chi connectivity index (χ4n) is 1.88. The standard InChI is InChI=1S/C15H24N2O/c1-5-12-6-8-13(9-7-12)14(18)17(4)11-15(2,3)10-16/h6-9H,5,10-11,16H2,1-4H3. The molecular formula is C15H24N2O. The monoisotopic (exact) mass is 248 g/mol. The Kier molecular flexibility index (Phi) is 4.91. The van der Waals surface area contributed by atoms with E-state index in [1.54, 1.807) is 4.90 Å². The number of carbonyl (C=O) groups is 1. The van der Waals surface area contributed by atoms with Crippen LogP contribution in [0.15, 0.2) is 24.3 Å². The normalized spacial score (nSPS) is 11.4. The lowest BCUT2D eigenvalue weighted by molar-refractivity contribution is 0.0740. The summed E-state index contributed by atoms with van der Waals surface area (Å²) in [4.78, 5) is 14.0. The molecule has 2 N–H and O–H groups in total. The van der Waals surface area contributed by atoms with Crippen LogP contribution < -0.4 is 5.73 Å². The van der Waals surface area contributed by atoms with Gasteiger partial charge in [0.2, 0.25) is 0 Å². The van der Waals surface area contributed by atoms with Crippen LogP contribution in [0.25, 0.3) is 0 Å². The van der Waals surface area contributed by atoms with Crippen molar-refractivity contribution >= 4 is 5.91 Å². The predicted molar refractivity (Wildman–Crippen MR) is 75.6 cm³/mol. The molecule has 0 aliphatic heterocycles. The first kappa shape index (κ1) is 14.7. The lowest BCUT2D eigenvalue weighted by Gasteiger charge is -2.29. The summed E-state index contributed by atoms with van der Waals surface area (Å²) in [7, 11) is 1.83. The van der Waals surface area contributed by atoms with Gasteiger partial charge in [-0.25, -0.2) is 0 Å². The van der Waals surface area contributed by atoms with E-state index in [0.717, 1.165) is 12.0 Å². The van der Waals surface area contributed by atoms with Crippen molar-refractivity contribution in [2.24, 2.45) is 11.1 Å². The fraction of sp³-hybridized carbons (Fsp3) is 0.533. The van der Waals surface area contributed by atoms with Gasteiger partial charge in [-0.1, -0.05) is 32.9 Å². The third-order valence-corrected chi connectivity index (χ3v) is 3.17. The molecule has 1 rings (SSSR count). The van der Waals surface area contributed by atoms with Crippen LogP contribution in [0.4, 0.5) is 0 Å². The van der Waals surface area contributed by atoms with Crippen molar-refractivity contribution in [1.29, 1.82) is 0 Å². The van der Waals surface area contributed by atoms with Crippen molar-refractivity contribution < 1.29 is 4.79 Å². The van der Waals surface area contributed by atoms with Crippen molar-refractivity contribution in [3.05, 3.63) is 35.4 Å². The van der Waals surface area contributed by atoms with Gasteiger partial charge < -0.3 is 10.6 Å². The second-order valence-corrected chi connectivity index (χ2v) is 5.58. The summed E-state index contributed by atoms with van der Waals surface area (Å²) in [5.74, 6) is 0.0548. The molecule has 0 aliphatic rings. The van der Waals surface area contributed by atoms with E-state index in [-0.39, 0.29) is 11.3 Å². The van der Waals surface area contributed by atoms with Crippen LogP contribution >= 0.6 is 0 Å². The third-order valence-electron chi connectivity index (χ3n) is 3.17. The average Bonchev–Trinajstić information content (AvgIpc) is 2.37. The zero-order valence-corrected chi connectivity index (χ0v) is 11.9. The first-order valence-electron chi connectivity index (χ1n) is 6.44. The first-order chi connectivity index (χ1) is 8.39. The number of hydrogen-bond donors (Lipinski definition) is 1. The van der Waals surface area contributed by atoms with E-state index in [1.807, 2.05) is 31.3 Å². The molecule has 0 saturated heterocycles. The molecule has 0 atom stereocenters. The third kappa shape index (κ3) is 3.84. The molecule has 0 aromatic heterocycles. The molecule has 0 radical (unpaired) electrons. The maximum Gasteiger partial charge on any atom is 0.253 e. The average molecular weight is 248 g/mol. The van der Waals surface area contributed by atoms with Gasteiger partial charge in [-0.15, -0.1) is 0 Å². The van der Waals surface area contributed by atoms with Crippen LogP contribution in [0, 0.1) is 5.41 Å². The van der Waals surface area contributed by atoms with Gasteiger partial charge in [0.25, 0.3) is 5.91 Å². The van der Waals surface area contributed by atoms with Gasteiger partial charge in [0, 0.05) is 19.2 Å². The fourth-order valence-corrected chi connectivity index (χ4v) is 1.88. The van der Waals surface area contributed by atoms with E-state index in [1.165, 1.54) is 5.56 Å². The number of benzene rings is 1. The van der Waals surface area contributed by atoms with Gasteiger partial charge in [0.15, 0.2) is 0 Å². The van der Waals surface area contributed by atoms with Crippen LogP contribution in [0.2, 0.25) is 0 Å². The van der Waals surface area contributed by atoms with Gasteiger partial charge in [0.1, 0.15) is 0 Å². The molecule has 0 aliphatic carbocycles. The van der Waals surface area contributed by atoms with Crippen LogP contribution in [0.3, 0.4) is 0 Å². The number of amides is 1. The molecule has 3 nitrogen and oxygen atoms in total. The Hall–Kier alpha value is -1.35. The van der Waals surface area contributed by atoms with E-state index in [9.17, 15) is 4.79 Å². The van der Waals surface area contributed by atoms with Crippen molar-refractivity contribution in [1.82, 2.24) is 4.90 Å². The Morgan fingerprint density at radius 1 is 1.28 bits per heavy atom. The molecule has 100 valence electrons. The highest BCUT2D eigenvalue weighted by molar-refractivity contribution is 5.94. The summed E-state index contributed by atoms with van der Waals surface area (Å²) >= 11 is 0. The Morgan fingerprint density at radius 2 is 1.83 bits per heavy atom. The second-order valence-electron chi connectivity index (χ2n) is 5.58. The van der Waals surface area contributed by atoms with Gasteiger partial charge in [-0.2, -0.15) is 0 Å². The molecular weight excluding hydrogens is 224 g/mol. The first-order valence-corrected chi connectivity index (χ1v) is 6.44. The molecule has 0 saturated carbocycles. The van der Waals surface area contributed by atoms with Gasteiger partial charge >= 0.3 is 0 Å². The topological polar surface area (TPSA) is 46.3 Å². The highest BCUT2D eigenvalue weighted by atomic mass is 16.2. The smallest absolute Gasteiger partial charge is 0.253 e. The van der Waals surface area contributed by atoms with Crippen molar-refractivity contribution in [3.63, 3.8) is 0 Å².